The fourth-order valence-corrected chi connectivity index (χ4v) is 2.54. The zero-order valence-corrected chi connectivity index (χ0v) is 12.7. The Labute approximate surface area is 134 Å². The summed E-state index contributed by atoms with van der Waals surface area (Å²) in [6.45, 7) is 1.70. The molecule has 128 valence electrons. The van der Waals surface area contributed by atoms with Crippen LogP contribution in [0.2, 0.25) is 0 Å². The molecule has 0 unspecified atom stereocenters. The summed E-state index contributed by atoms with van der Waals surface area (Å²) in [4.78, 5) is 36.5. The van der Waals surface area contributed by atoms with Crippen LogP contribution in [0, 0.1) is 6.92 Å². The van der Waals surface area contributed by atoms with Gasteiger partial charge in [0.15, 0.2) is 5.69 Å². The molecule has 24 heavy (non-hydrogen) atoms. The number of primary amides is 1. The van der Waals surface area contributed by atoms with Gasteiger partial charge in [-0.15, -0.1) is 5.10 Å². The Morgan fingerprint density at radius 1 is 1.50 bits per heavy atom. The number of aryl methyl sites for hydroxylation is 1. The number of H-pyrrole nitrogens is 1. The van der Waals surface area contributed by atoms with Gasteiger partial charge in [0.2, 0.25) is 0 Å². The van der Waals surface area contributed by atoms with Crippen molar-refractivity contribution in [1.29, 1.82) is 0 Å². The minimum absolute atomic E-state index is 0.00603. The van der Waals surface area contributed by atoms with Gasteiger partial charge >= 0.3 is 5.69 Å². The summed E-state index contributed by atoms with van der Waals surface area (Å²) >= 11 is 0. The summed E-state index contributed by atoms with van der Waals surface area (Å²) in [7, 11) is 0. The van der Waals surface area contributed by atoms with Crippen molar-refractivity contribution in [3.8, 4) is 0 Å². The maximum absolute atomic E-state index is 11.9. The number of aromatic nitrogens is 5. The van der Waals surface area contributed by atoms with Gasteiger partial charge in [-0.05, 0) is 6.92 Å². The third-order valence-electron chi connectivity index (χ3n) is 3.82. The molecule has 4 N–H and O–H groups in total. The number of nitrogens with zero attached hydrogens (tertiary/aromatic N) is 4. The van der Waals surface area contributed by atoms with E-state index in [2.05, 4.69) is 15.3 Å². The van der Waals surface area contributed by atoms with Crippen molar-refractivity contribution in [2.75, 3.05) is 0 Å². The van der Waals surface area contributed by atoms with E-state index in [1.54, 1.807) is 6.92 Å². The molecule has 0 bridgehead atoms. The van der Waals surface area contributed by atoms with Crippen LogP contribution in [0.5, 0.6) is 0 Å². The van der Waals surface area contributed by atoms with Crippen LogP contribution in [-0.2, 0) is 11.3 Å². The van der Waals surface area contributed by atoms with Gasteiger partial charge in [0.1, 0.15) is 12.3 Å². The summed E-state index contributed by atoms with van der Waals surface area (Å²) in [5.74, 6) is -0.706. The number of nitrogens with two attached hydrogens (primary N) is 1. The number of hydrogen-bond acceptors (Lipinski definition) is 7. The van der Waals surface area contributed by atoms with Crippen LogP contribution in [0.25, 0.3) is 0 Å². The van der Waals surface area contributed by atoms with Crippen molar-refractivity contribution in [2.45, 2.75) is 38.3 Å². The smallest absolute Gasteiger partial charge is 0.330 e. The number of aliphatic hydroxyl groups excluding tert-OH is 1. The zero-order chi connectivity index (χ0) is 17.4. The highest BCUT2D eigenvalue weighted by atomic mass is 16.5. The lowest BCUT2D eigenvalue weighted by Gasteiger charge is -2.16. The van der Waals surface area contributed by atoms with E-state index in [0.29, 0.717) is 5.56 Å². The van der Waals surface area contributed by atoms with Gasteiger partial charge in [0.25, 0.3) is 11.5 Å². The third-order valence-corrected chi connectivity index (χ3v) is 3.82. The van der Waals surface area contributed by atoms with Gasteiger partial charge in [-0.3, -0.25) is 19.1 Å². The molecule has 11 nitrogen and oxygen atoms in total. The standard InChI is InChI=1S/C13H16N6O5/c1-6-3-19(13(23)15-12(6)22)10-2-8(20)9(24-10)5-18-4-7(11(14)21)16-17-18/h3-4,8-10,20H,2,5H2,1H3,(H2,14,21)(H,15,22,23)/t8-,9+,10+/m0/s1. The minimum Gasteiger partial charge on any atom is -0.390 e. The second-order valence-electron chi connectivity index (χ2n) is 5.60. The van der Waals surface area contributed by atoms with Crippen LogP contribution < -0.4 is 17.0 Å². The summed E-state index contributed by atoms with van der Waals surface area (Å²) in [5.41, 5.74) is 4.39. The first-order valence-corrected chi connectivity index (χ1v) is 7.20. The van der Waals surface area contributed by atoms with Crippen molar-refractivity contribution < 1.29 is 14.6 Å². The van der Waals surface area contributed by atoms with Crippen molar-refractivity contribution >= 4 is 5.91 Å². The van der Waals surface area contributed by atoms with Crippen LogP contribution in [0.15, 0.2) is 22.0 Å². The maximum atomic E-state index is 11.9. The Morgan fingerprint density at radius 3 is 2.92 bits per heavy atom. The highest BCUT2D eigenvalue weighted by Crippen LogP contribution is 2.28. The Bertz CT molecular complexity index is 883. The number of carbonyl (C=O) groups excluding carboxylic acids is 1. The topological polar surface area (TPSA) is 158 Å². The lowest BCUT2D eigenvalue weighted by molar-refractivity contribution is -0.0302. The molecule has 0 aromatic carbocycles. The highest BCUT2D eigenvalue weighted by Gasteiger charge is 2.36. The molecule has 0 radical (unpaired) electrons. The average molecular weight is 336 g/mol. The largest absolute Gasteiger partial charge is 0.390 e. The number of aromatic amines is 1. The Balaban J connectivity index is 1.77. The first kappa shape index (κ1) is 16.1. The molecule has 1 fully saturated rings. The van der Waals surface area contributed by atoms with E-state index in [4.69, 9.17) is 10.5 Å². The molecule has 1 amide bonds. The Morgan fingerprint density at radius 2 is 2.25 bits per heavy atom. The monoisotopic (exact) mass is 336 g/mol. The van der Waals surface area contributed by atoms with Gasteiger partial charge in [-0.1, -0.05) is 5.21 Å². The normalized spacial score (nSPS) is 23.5. The van der Waals surface area contributed by atoms with Gasteiger partial charge in [-0.25, -0.2) is 9.48 Å². The number of carbonyl (C=O) groups is 1. The van der Waals surface area contributed by atoms with Gasteiger partial charge in [-0.2, -0.15) is 0 Å². The number of ether oxygens (including phenoxy) is 1. The first-order chi connectivity index (χ1) is 11.3. The van der Waals surface area contributed by atoms with E-state index in [-0.39, 0.29) is 18.7 Å². The number of rotatable bonds is 4. The second kappa shape index (κ2) is 6.02. The molecule has 0 spiro atoms. The summed E-state index contributed by atoms with van der Waals surface area (Å²) in [6, 6.07) is 0. The Hall–Kier alpha value is -2.79. The number of nitrogens with one attached hydrogen (secondary N) is 1. The van der Waals surface area contributed by atoms with E-state index >= 15 is 0 Å². The zero-order valence-electron chi connectivity index (χ0n) is 12.7. The average Bonchev–Trinajstić information content (AvgIpc) is 3.11. The fraction of sp³-hybridized carbons (Fsp3) is 0.462. The number of aliphatic hydroxyl groups is 1. The molecule has 1 aliphatic heterocycles. The second-order valence-corrected chi connectivity index (χ2v) is 5.60. The molecule has 2 aromatic rings. The van der Waals surface area contributed by atoms with Crippen LogP contribution in [0.4, 0.5) is 0 Å². The summed E-state index contributed by atoms with van der Waals surface area (Å²) in [5, 5.41) is 17.5. The molecular formula is C13H16N6O5. The molecule has 3 rings (SSSR count). The molecular weight excluding hydrogens is 320 g/mol. The quantitative estimate of drug-likeness (QED) is 0.576. The minimum atomic E-state index is -0.852. The van der Waals surface area contributed by atoms with E-state index < -0.39 is 35.6 Å². The summed E-state index contributed by atoms with van der Waals surface area (Å²) in [6.07, 6.45) is 0.691. The third kappa shape index (κ3) is 2.98. The van der Waals surface area contributed by atoms with Crippen LogP contribution in [0.1, 0.15) is 28.7 Å². The van der Waals surface area contributed by atoms with Crippen molar-refractivity contribution in [3.05, 3.63) is 44.5 Å². The van der Waals surface area contributed by atoms with Crippen molar-refractivity contribution in [3.63, 3.8) is 0 Å². The fourth-order valence-electron chi connectivity index (χ4n) is 2.54. The molecule has 2 aromatic heterocycles. The molecule has 0 aliphatic carbocycles. The molecule has 11 heteroatoms. The van der Waals surface area contributed by atoms with Crippen LogP contribution in [0.3, 0.4) is 0 Å². The molecule has 1 aliphatic rings. The van der Waals surface area contributed by atoms with E-state index in [1.807, 2.05) is 0 Å². The number of amides is 1. The highest BCUT2D eigenvalue weighted by molar-refractivity contribution is 5.90. The van der Waals surface area contributed by atoms with Crippen molar-refractivity contribution in [2.24, 2.45) is 5.73 Å². The van der Waals surface area contributed by atoms with Crippen LogP contribution >= 0.6 is 0 Å². The molecule has 1 saturated heterocycles. The predicted octanol–water partition coefficient (Wildman–Crippen LogP) is -2.12. The van der Waals surface area contributed by atoms with Gasteiger partial charge < -0.3 is 15.6 Å². The molecule has 0 saturated carbocycles. The molecule has 3 atom stereocenters. The molecule has 3 heterocycles. The first-order valence-electron chi connectivity index (χ1n) is 7.20. The number of hydrogen-bond donors (Lipinski definition) is 3. The summed E-state index contributed by atoms with van der Waals surface area (Å²) < 4.78 is 8.26. The van der Waals surface area contributed by atoms with Gasteiger partial charge in [0, 0.05) is 18.2 Å². The lowest BCUT2D eigenvalue weighted by atomic mass is 10.2. The van der Waals surface area contributed by atoms with Crippen molar-refractivity contribution in [1.82, 2.24) is 24.5 Å². The van der Waals surface area contributed by atoms with E-state index in [9.17, 15) is 19.5 Å². The van der Waals surface area contributed by atoms with Gasteiger partial charge in [0.05, 0.1) is 18.8 Å². The van der Waals surface area contributed by atoms with E-state index in [0.717, 1.165) is 0 Å². The van der Waals surface area contributed by atoms with E-state index in [1.165, 1.54) is 21.6 Å². The predicted molar refractivity (Wildman–Crippen MR) is 79.1 cm³/mol. The SMILES string of the molecule is Cc1cn([C@H]2C[C@H](O)[C@@H](Cn3cc(C(N)=O)nn3)O2)c(=O)[nH]c1=O. The van der Waals surface area contributed by atoms with Crippen LogP contribution in [-0.4, -0.2) is 47.8 Å². The maximum Gasteiger partial charge on any atom is 0.330 e. The Kier molecular flexibility index (Phi) is 4.03. The lowest BCUT2D eigenvalue weighted by Crippen LogP contribution is -2.33.